The molecule has 0 saturated heterocycles. The molecule has 2 atom stereocenters. The van der Waals surface area contributed by atoms with Crippen LogP contribution in [0.3, 0.4) is 0 Å². The highest BCUT2D eigenvalue weighted by Crippen LogP contribution is 2.29. The van der Waals surface area contributed by atoms with Crippen LogP contribution in [0.4, 0.5) is 0 Å². The summed E-state index contributed by atoms with van der Waals surface area (Å²) in [5, 5.41) is 3.51. The predicted molar refractivity (Wildman–Crippen MR) is 69.7 cm³/mol. The van der Waals surface area contributed by atoms with E-state index in [9.17, 15) is 0 Å². The van der Waals surface area contributed by atoms with Gasteiger partial charge < -0.3 is 10.1 Å². The van der Waals surface area contributed by atoms with Crippen molar-refractivity contribution in [1.82, 2.24) is 5.32 Å². The van der Waals surface area contributed by atoms with E-state index in [1.165, 1.54) is 44.9 Å². The van der Waals surface area contributed by atoms with Gasteiger partial charge >= 0.3 is 0 Å². The first-order chi connectivity index (χ1) is 7.59. The number of methoxy groups -OCH3 is 1. The molecule has 0 radical (unpaired) electrons. The van der Waals surface area contributed by atoms with E-state index in [2.05, 4.69) is 26.2 Å². The molecular weight excluding hydrogens is 198 g/mol. The number of ether oxygens (including phenoxy) is 1. The summed E-state index contributed by atoms with van der Waals surface area (Å²) in [7, 11) is 3.94. The Hall–Kier alpha value is -0.0800. The Bertz CT molecular complexity index is 191. The molecule has 0 aromatic rings. The van der Waals surface area contributed by atoms with Crippen LogP contribution in [-0.4, -0.2) is 25.8 Å². The first kappa shape index (κ1) is 14.0. The maximum absolute atomic E-state index is 5.51. The van der Waals surface area contributed by atoms with Gasteiger partial charge in [-0.1, -0.05) is 19.3 Å². The smallest absolute Gasteiger partial charge is 0.0622 e. The summed E-state index contributed by atoms with van der Waals surface area (Å²) in [6.45, 7) is 4.39. The third kappa shape index (κ3) is 4.42. The molecule has 1 N–H and O–H groups in total. The average molecular weight is 227 g/mol. The zero-order valence-electron chi connectivity index (χ0n) is 11.5. The van der Waals surface area contributed by atoms with Crippen LogP contribution in [0.5, 0.6) is 0 Å². The van der Waals surface area contributed by atoms with E-state index in [1.807, 2.05) is 7.11 Å². The van der Waals surface area contributed by atoms with E-state index >= 15 is 0 Å². The molecule has 0 heterocycles. The Kier molecular flexibility index (Phi) is 5.77. The van der Waals surface area contributed by atoms with Crippen molar-refractivity contribution in [3.63, 3.8) is 0 Å². The zero-order chi connectivity index (χ0) is 12.0. The van der Waals surface area contributed by atoms with E-state index in [1.54, 1.807) is 0 Å². The van der Waals surface area contributed by atoms with Crippen molar-refractivity contribution in [3.05, 3.63) is 0 Å². The summed E-state index contributed by atoms with van der Waals surface area (Å²) in [5.74, 6) is 0.849. The van der Waals surface area contributed by atoms with Gasteiger partial charge in [0.25, 0.3) is 0 Å². The van der Waals surface area contributed by atoms with Crippen LogP contribution in [0.1, 0.15) is 58.8 Å². The topological polar surface area (TPSA) is 21.3 Å². The van der Waals surface area contributed by atoms with Gasteiger partial charge in [0.05, 0.1) is 5.60 Å². The molecule has 1 fully saturated rings. The third-order valence-corrected chi connectivity index (χ3v) is 4.20. The molecule has 0 bridgehead atoms. The molecule has 16 heavy (non-hydrogen) atoms. The second kappa shape index (κ2) is 6.61. The van der Waals surface area contributed by atoms with Gasteiger partial charge in [-0.2, -0.15) is 0 Å². The molecule has 1 saturated carbocycles. The normalized spacial score (nSPS) is 27.8. The molecule has 2 unspecified atom stereocenters. The zero-order valence-corrected chi connectivity index (χ0v) is 11.5. The number of rotatable bonds is 5. The average Bonchev–Trinajstić information content (AvgIpc) is 2.51. The molecule has 96 valence electrons. The van der Waals surface area contributed by atoms with Crippen LogP contribution in [0, 0.1) is 5.92 Å². The molecule has 0 aromatic heterocycles. The molecule has 0 aromatic carbocycles. The Morgan fingerprint density at radius 2 is 1.88 bits per heavy atom. The van der Waals surface area contributed by atoms with E-state index in [0.29, 0.717) is 0 Å². The Labute approximate surface area is 101 Å². The standard InChI is InChI=1S/C14H29NO/c1-14(2,16-4)11-10-12-8-6-5-7-9-13(12)15-3/h12-13,15H,5-11H2,1-4H3. The van der Waals surface area contributed by atoms with Crippen molar-refractivity contribution >= 4 is 0 Å². The molecule has 1 rings (SSSR count). The largest absolute Gasteiger partial charge is 0.379 e. The van der Waals surface area contributed by atoms with Crippen LogP contribution in [0.2, 0.25) is 0 Å². The van der Waals surface area contributed by atoms with Crippen molar-refractivity contribution in [1.29, 1.82) is 0 Å². The molecule has 0 aliphatic heterocycles. The summed E-state index contributed by atoms with van der Waals surface area (Å²) < 4.78 is 5.51. The Morgan fingerprint density at radius 3 is 2.50 bits per heavy atom. The molecular formula is C14H29NO. The molecule has 2 heteroatoms. The van der Waals surface area contributed by atoms with Gasteiger partial charge in [0, 0.05) is 13.2 Å². The first-order valence-electron chi connectivity index (χ1n) is 6.81. The highest BCUT2D eigenvalue weighted by atomic mass is 16.5. The highest BCUT2D eigenvalue weighted by Gasteiger charge is 2.25. The fourth-order valence-electron chi connectivity index (χ4n) is 2.75. The lowest BCUT2D eigenvalue weighted by atomic mass is 9.87. The number of hydrogen-bond donors (Lipinski definition) is 1. The second-order valence-corrected chi connectivity index (χ2v) is 5.80. The minimum absolute atomic E-state index is 0.0462. The van der Waals surface area contributed by atoms with Gasteiger partial charge in [0.2, 0.25) is 0 Å². The summed E-state index contributed by atoms with van der Waals surface area (Å²) in [6, 6.07) is 0.732. The fraction of sp³-hybridized carbons (Fsp3) is 1.00. The molecule has 1 aliphatic carbocycles. The highest BCUT2D eigenvalue weighted by molar-refractivity contribution is 4.81. The number of hydrogen-bond acceptors (Lipinski definition) is 2. The number of nitrogens with one attached hydrogen (secondary N) is 1. The lowest BCUT2D eigenvalue weighted by Gasteiger charge is -2.29. The summed E-state index contributed by atoms with van der Waals surface area (Å²) in [5.41, 5.74) is 0.0462. The van der Waals surface area contributed by atoms with E-state index in [0.717, 1.165) is 12.0 Å². The van der Waals surface area contributed by atoms with Crippen LogP contribution in [-0.2, 0) is 4.74 Å². The van der Waals surface area contributed by atoms with Crippen LogP contribution >= 0.6 is 0 Å². The quantitative estimate of drug-likeness (QED) is 0.727. The summed E-state index contributed by atoms with van der Waals surface area (Å²) in [4.78, 5) is 0. The first-order valence-corrected chi connectivity index (χ1v) is 6.81. The molecule has 0 amide bonds. The minimum Gasteiger partial charge on any atom is -0.379 e. The Balaban J connectivity index is 2.42. The van der Waals surface area contributed by atoms with Crippen molar-refractivity contribution in [2.75, 3.05) is 14.2 Å². The van der Waals surface area contributed by atoms with E-state index in [-0.39, 0.29) is 5.60 Å². The molecule has 1 aliphatic rings. The lowest BCUT2D eigenvalue weighted by molar-refractivity contribution is 0.00885. The van der Waals surface area contributed by atoms with Crippen LogP contribution in [0.15, 0.2) is 0 Å². The maximum atomic E-state index is 5.51. The fourth-order valence-corrected chi connectivity index (χ4v) is 2.75. The van der Waals surface area contributed by atoms with Crippen LogP contribution in [0.25, 0.3) is 0 Å². The van der Waals surface area contributed by atoms with E-state index < -0.39 is 0 Å². The monoisotopic (exact) mass is 227 g/mol. The van der Waals surface area contributed by atoms with Crippen molar-refractivity contribution in [3.8, 4) is 0 Å². The van der Waals surface area contributed by atoms with Gasteiger partial charge in [-0.15, -0.1) is 0 Å². The Morgan fingerprint density at radius 1 is 1.19 bits per heavy atom. The summed E-state index contributed by atoms with van der Waals surface area (Å²) >= 11 is 0. The predicted octanol–water partition coefficient (Wildman–Crippen LogP) is 3.36. The second-order valence-electron chi connectivity index (χ2n) is 5.80. The molecule has 0 spiro atoms. The van der Waals surface area contributed by atoms with Crippen molar-refractivity contribution < 1.29 is 4.74 Å². The van der Waals surface area contributed by atoms with Crippen molar-refractivity contribution in [2.45, 2.75) is 70.4 Å². The summed E-state index contributed by atoms with van der Waals surface area (Å²) in [6.07, 6.45) is 9.45. The van der Waals surface area contributed by atoms with E-state index in [4.69, 9.17) is 4.74 Å². The minimum atomic E-state index is 0.0462. The molecule has 2 nitrogen and oxygen atoms in total. The SMILES string of the molecule is CNC1CCCCCC1CCC(C)(C)OC. The van der Waals surface area contributed by atoms with Crippen molar-refractivity contribution in [2.24, 2.45) is 5.92 Å². The van der Waals surface area contributed by atoms with Crippen LogP contribution < -0.4 is 5.32 Å². The van der Waals surface area contributed by atoms with Gasteiger partial charge in [0.1, 0.15) is 0 Å². The maximum Gasteiger partial charge on any atom is 0.0622 e. The van der Waals surface area contributed by atoms with Gasteiger partial charge in [-0.05, 0) is 52.5 Å². The van der Waals surface area contributed by atoms with Gasteiger partial charge in [0.15, 0.2) is 0 Å². The third-order valence-electron chi connectivity index (χ3n) is 4.20. The lowest BCUT2D eigenvalue weighted by Crippen LogP contribution is -2.34. The van der Waals surface area contributed by atoms with Gasteiger partial charge in [-0.3, -0.25) is 0 Å². The van der Waals surface area contributed by atoms with Gasteiger partial charge in [-0.25, -0.2) is 0 Å².